The summed E-state index contributed by atoms with van der Waals surface area (Å²) in [6.07, 6.45) is 2.86. The summed E-state index contributed by atoms with van der Waals surface area (Å²) in [4.78, 5) is 11.5. The van der Waals surface area contributed by atoms with Crippen LogP contribution in [0.4, 0.5) is 5.82 Å². The summed E-state index contributed by atoms with van der Waals surface area (Å²) in [6.45, 7) is 3.81. The Morgan fingerprint density at radius 1 is 1.27 bits per heavy atom. The van der Waals surface area contributed by atoms with E-state index in [2.05, 4.69) is 51.1 Å². The van der Waals surface area contributed by atoms with Gasteiger partial charge in [0.25, 0.3) is 0 Å². The number of anilines is 1. The number of benzene rings is 1. The molecular weight excluding hydrogens is 324 g/mol. The van der Waals surface area contributed by atoms with E-state index in [0.29, 0.717) is 17.3 Å². The highest BCUT2D eigenvalue weighted by molar-refractivity contribution is 5.75. The van der Waals surface area contributed by atoms with Gasteiger partial charge in [-0.3, -0.25) is 4.90 Å². The van der Waals surface area contributed by atoms with E-state index in [1.165, 1.54) is 5.52 Å². The van der Waals surface area contributed by atoms with Crippen LogP contribution in [0.3, 0.4) is 0 Å². The lowest BCUT2D eigenvalue weighted by atomic mass is 10.1. The Morgan fingerprint density at radius 3 is 3.00 bits per heavy atom. The maximum atomic E-state index is 9.15. The molecule has 3 heterocycles. The average molecular weight is 346 g/mol. The minimum Gasteiger partial charge on any atom is -0.369 e. The van der Waals surface area contributed by atoms with E-state index >= 15 is 0 Å². The number of aryl methyl sites for hydroxylation is 1. The first-order valence-electron chi connectivity index (χ1n) is 8.96. The first-order valence-corrected chi connectivity index (χ1v) is 8.96. The highest BCUT2D eigenvalue weighted by Crippen LogP contribution is 2.21. The second-order valence-corrected chi connectivity index (χ2v) is 6.86. The Morgan fingerprint density at radius 2 is 2.15 bits per heavy atom. The molecule has 0 amide bonds. The number of nitrogens with one attached hydrogen (secondary N) is 1. The van der Waals surface area contributed by atoms with Crippen molar-refractivity contribution in [2.45, 2.75) is 13.0 Å². The summed E-state index contributed by atoms with van der Waals surface area (Å²) < 4.78 is 2.19. The van der Waals surface area contributed by atoms with Crippen LogP contribution in [0.25, 0.3) is 11.0 Å². The fourth-order valence-electron chi connectivity index (χ4n) is 3.64. The van der Waals surface area contributed by atoms with E-state index in [1.54, 1.807) is 18.3 Å². The van der Waals surface area contributed by atoms with Gasteiger partial charge in [-0.25, -0.2) is 9.97 Å². The molecule has 6 nitrogen and oxygen atoms in total. The van der Waals surface area contributed by atoms with Gasteiger partial charge in [0.05, 0.1) is 23.1 Å². The van der Waals surface area contributed by atoms with Gasteiger partial charge in [-0.15, -0.1) is 0 Å². The highest BCUT2D eigenvalue weighted by atomic mass is 15.2. The number of imidazole rings is 1. The summed E-state index contributed by atoms with van der Waals surface area (Å²) in [5.41, 5.74) is 2.84. The average Bonchev–Trinajstić information content (AvgIpc) is 3.25. The molecule has 4 rings (SSSR count). The van der Waals surface area contributed by atoms with Gasteiger partial charge in [-0.1, -0.05) is 12.1 Å². The molecule has 0 aliphatic carbocycles. The summed E-state index contributed by atoms with van der Waals surface area (Å²) in [5, 5.41) is 12.5. The molecule has 6 heteroatoms. The van der Waals surface area contributed by atoms with Crippen molar-refractivity contribution >= 4 is 16.9 Å². The van der Waals surface area contributed by atoms with Gasteiger partial charge in [-0.05, 0) is 43.1 Å². The molecule has 1 saturated heterocycles. The molecule has 0 unspecified atom stereocenters. The van der Waals surface area contributed by atoms with Crippen molar-refractivity contribution in [1.82, 2.24) is 19.4 Å². The molecule has 1 atom stereocenters. The lowest BCUT2D eigenvalue weighted by Gasteiger charge is -2.16. The SMILES string of the molecule is Cn1c(CN2CC[C@@H](CNc3ncccc3C#N)C2)nc2ccccc21. The zero-order chi connectivity index (χ0) is 17.9. The summed E-state index contributed by atoms with van der Waals surface area (Å²) in [7, 11) is 2.09. The summed E-state index contributed by atoms with van der Waals surface area (Å²) >= 11 is 0. The Balaban J connectivity index is 1.36. The maximum absolute atomic E-state index is 9.15. The minimum atomic E-state index is 0.554. The number of hydrogen-bond donors (Lipinski definition) is 1. The number of para-hydroxylation sites is 2. The maximum Gasteiger partial charge on any atom is 0.143 e. The van der Waals surface area contributed by atoms with Crippen molar-refractivity contribution in [3.05, 3.63) is 54.0 Å². The van der Waals surface area contributed by atoms with Crippen LogP contribution in [-0.4, -0.2) is 39.1 Å². The summed E-state index contributed by atoms with van der Waals surface area (Å²) in [6, 6.07) is 14.0. The first kappa shape index (κ1) is 16.6. The van der Waals surface area contributed by atoms with E-state index in [-0.39, 0.29) is 0 Å². The van der Waals surface area contributed by atoms with Gasteiger partial charge in [0.1, 0.15) is 17.7 Å². The van der Waals surface area contributed by atoms with Crippen molar-refractivity contribution in [2.24, 2.45) is 13.0 Å². The fourth-order valence-corrected chi connectivity index (χ4v) is 3.64. The largest absolute Gasteiger partial charge is 0.369 e. The molecule has 2 aromatic heterocycles. The third kappa shape index (κ3) is 3.26. The molecule has 0 bridgehead atoms. The van der Waals surface area contributed by atoms with Gasteiger partial charge in [0.2, 0.25) is 0 Å². The van der Waals surface area contributed by atoms with E-state index in [0.717, 1.165) is 43.9 Å². The van der Waals surface area contributed by atoms with Crippen LogP contribution in [0.5, 0.6) is 0 Å². The quantitative estimate of drug-likeness (QED) is 0.769. The monoisotopic (exact) mass is 346 g/mol. The van der Waals surface area contributed by atoms with E-state index in [1.807, 2.05) is 6.07 Å². The zero-order valence-electron chi connectivity index (χ0n) is 14.9. The third-order valence-electron chi connectivity index (χ3n) is 5.10. The van der Waals surface area contributed by atoms with E-state index in [9.17, 15) is 0 Å². The number of fused-ring (bicyclic) bond motifs is 1. The van der Waals surface area contributed by atoms with Crippen LogP contribution in [0.15, 0.2) is 42.6 Å². The van der Waals surface area contributed by atoms with Crippen LogP contribution < -0.4 is 5.32 Å². The molecule has 0 spiro atoms. The molecule has 1 aliphatic rings. The molecular formula is C20H22N6. The van der Waals surface area contributed by atoms with Crippen molar-refractivity contribution in [1.29, 1.82) is 5.26 Å². The molecule has 1 N–H and O–H groups in total. The van der Waals surface area contributed by atoms with Gasteiger partial charge in [0, 0.05) is 26.3 Å². The van der Waals surface area contributed by atoms with E-state index < -0.39 is 0 Å². The third-order valence-corrected chi connectivity index (χ3v) is 5.10. The lowest BCUT2D eigenvalue weighted by Crippen LogP contribution is -2.24. The number of likely N-dealkylation sites (tertiary alicyclic amines) is 1. The van der Waals surface area contributed by atoms with Gasteiger partial charge in [0.15, 0.2) is 0 Å². The Labute approximate surface area is 153 Å². The van der Waals surface area contributed by atoms with Crippen molar-refractivity contribution in [3.8, 4) is 6.07 Å². The number of nitrogens with zero attached hydrogens (tertiary/aromatic N) is 5. The molecule has 0 radical (unpaired) electrons. The molecule has 3 aromatic rings. The molecule has 1 fully saturated rings. The van der Waals surface area contributed by atoms with Gasteiger partial charge >= 0.3 is 0 Å². The summed E-state index contributed by atoms with van der Waals surface area (Å²) in [5.74, 6) is 2.35. The molecule has 0 saturated carbocycles. The van der Waals surface area contributed by atoms with Gasteiger partial charge in [-0.2, -0.15) is 5.26 Å². The minimum absolute atomic E-state index is 0.554. The van der Waals surface area contributed by atoms with Crippen LogP contribution in [0.1, 0.15) is 17.8 Å². The number of pyridine rings is 1. The van der Waals surface area contributed by atoms with Crippen LogP contribution in [0.2, 0.25) is 0 Å². The predicted molar refractivity (Wildman–Crippen MR) is 102 cm³/mol. The normalized spacial score (nSPS) is 17.5. The fraction of sp³-hybridized carbons (Fsp3) is 0.350. The molecule has 132 valence electrons. The number of nitriles is 1. The second-order valence-electron chi connectivity index (χ2n) is 6.86. The molecule has 1 aliphatic heterocycles. The Hall–Kier alpha value is -2.91. The second kappa shape index (κ2) is 7.14. The Bertz CT molecular complexity index is 954. The topological polar surface area (TPSA) is 69.8 Å². The molecule has 26 heavy (non-hydrogen) atoms. The predicted octanol–water partition coefficient (Wildman–Crippen LogP) is 2.77. The van der Waals surface area contributed by atoms with Crippen LogP contribution in [0, 0.1) is 17.2 Å². The Kier molecular flexibility index (Phi) is 4.55. The van der Waals surface area contributed by atoms with Crippen molar-refractivity contribution in [2.75, 3.05) is 25.0 Å². The van der Waals surface area contributed by atoms with Crippen molar-refractivity contribution < 1.29 is 0 Å². The number of rotatable bonds is 5. The zero-order valence-corrected chi connectivity index (χ0v) is 14.9. The van der Waals surface area contributed by atoms with Crippen LogP contribution >= 0.6 is 0 Å². The number of aromatic nitrogens is 3. The van der Waals surface area contributed by atoms with E-state index in [4.69, 9.17) is 10.2 Å². The number of hydrogen-bond acceptors (Lipinski definition) is 5. The first-order chi connectivity index (χ1) is 12.7. The highest BCUT2D eigenvalue weighted by Gasteiger charge is 2.24. The van der Waals surface area contributed by atoms with Crippen molar-refractivity contribution in [3.63, 3.8) is 0 Å². The lowest BCUT2D eigenvalue weighted by molar-refractivity contribution is 0.308. The smallest absolute Gasteiger partial charge is 0.143 e. The standard InChI is InChI=1S/C20H22N6/c1-25-18-7-3-2-6-17(18)24-19(25)14-26-10-8-15(13-26)12-23-20-16(11-21)5-4-9-22-20/h2-7,9,15H,8,10,12-14H2,1H3,(H,22,23)/t15-/m0/s1. The van der Waals surface area contributed by atoms with Gasteiger partial charge < -0.3 is 9.88 Å². The van der Waals surface area contributed by atoms with Crippen LogP contribution in [-0.2, 0) is 13.6 Å². The molecule has 1 aromatic carbocycles.